The molecule has 3 aromatic rings. The van der Waals surface area contributed by atoms with Crippen LogP contribution in [0.15, 0.2) is 78.9 Å². The van der Waals surface area contributed by atoms with Gasteiger partial charge in [-0.05, 0) is 73.7 Å². The molecular weight excluding hydrogens is 437 g/mol. The van der Waals surface area contributed by atoms with Gasteiger partial charge in [-0.15, -0.1) is 0 Å². The molecule has 0 N–H and O–H groups in total. The van der Waals surface area contributed by atoms with Crippen molar-refractivity contribution in [3.8, 4) is 0 Å². The first-order valence-electron chi connectivity index (χ1n) is 12.8. The zero-order chi connectivity index (χ0) is 24.0. The Bertz CT molecular complexity index is 1100. The number of carbonyl (C=O) groups excluding carboxylic acids is 1. The van der Waals surface area contributed by atoms with Gasteiger partial charge in [-0.3, -0.25) is 9.69 Å². The molecule has 0 atom stereocenters. The normalized spacial score (nSPS) is 17.5. The number of nitrogens with zero attached hydrogens (tertiary/aromatic N) is 3. The van der Waals surface area contributed by atoms with Gasteiger partial charge in [0, 0.05) is 38.3 Å². The summed E-state index contributed by atoms with van der Waals surface area (Å²) in [6.07, 6.45) is 3.66. The molecule has 5 heteroatoms. The summed E-state index contributed by atoms with van der Waals surface area (Å²) in [6, 6.07) is 25.8. The van der Waals surface area contributed by atoms with Crippen molar-refractivity contribution < 1.29 is 9.18 Å². The van der Waals surface area contributed by atoms with Crippen molar-refractivity contribution in [3.05, 3.63) is 101 Å². The standard InChI is InChI=1S/C30H34FN3O/c31-28-8-4-5-9-29(28)33-18-20-34(21-19-33)30(35)27-12-10-26(11-13-27)23-32-16-14-25(15-17-32)22-24-6-2-1-3-7-24/h1-13,25H,14-23H2. The molecule has 0 spiro atoms. The fourth-order valence-electron chi connectivity index (χ4n) is 5.35. The lowest BCUT2D eigenvalue weighted by atomic mass is 9.90. The van der Waals surface area contributed by atoms with Crippen LogP contribution in [0.4, 0.5) is 10.1 Å². The molecule has 2 aliphatic heterocycles. The maximum absolute atomic E-state index is 14.1. The highest BCUT2D eigenvalue weighted by Crippen LogP contribution is 2.24. The van der Waals surface area contributed by atoms with Crippen LogP contribution >= 0.6 is 0 Å². The highest BCUT2D eigenvalue weighted by Gasteiger charge is 2.24. The summed E-state index contributed by atoms with van der Waals surface area (Å²) in [5.74, 6) is 0.627. The van der Waals surface area contributed by atoms with Crippen LogP contribution in [0.3, 0.4) is 0 Å². The number of piperidine rings is 1. The molecule has 2 heterocycles. The molecule has 2 aliphatic rings. The summed E-state index contributed by atoms with van der Waals surface area (Å²) >= 11 is 0. The molecular formula is C30H34FN3O. The van der Waals surface area contributed by atoms with Gasteiger partial charge in [-0.25, -0.2) is 4.39 Å². The van der Waals surface area contributed by atoms with Gasteiger partial charge in [-0.2, -0.15) is 0 Å². The molecule has 0 radical (unpaired) electrons. The van der Waals surface area contributed by atoms with Gasteiger partial charge in [0.25, 0.3) is 5.91 Å². The average Bonchev–Trinajstić information content (AvgIpc) is 2.91. The van der Waals surface area contributed by atoms with E-state index in [1.807, 2.05) is 28.0 Å². The third-order valence-electron chi connectivity index (χ3n) is 7.44. The summed E-state index contributed by atoms with van der Waals surface area (Å²) in [6.45, 7) is 5.69. The van der Waals surface area contributed by atoms with Crippen LogP contribution in [0.25, 0.3) is 0 Å². The van der Waals surface area contributed by atoms with Gasteiger partial charge in [0.05, 0.1) is 5.69 Å². The van der Waals surface area contributed by atoms with Crippen molar-refractivity contribution in [2.45, 2.75) is 25.8 Å². The Hall–Kier alpha value is -3.18. The molecule has 4 nitrogen and oxygen atoms in total. The van der Waals surface area contributed by atoms with E-state index in [4.69, 9.17) is 0 Å². The quantitative estimate of drug-likeness (QED) is 0.492. The molecule has 2 fully saturated rings. The Kier molecular flexibility index (Phi) is 7.43. The topological polar surface area (TPSA) is 26.8 Å². The summed E-state index contributed by atoms with van der Waals surface area (Å²) in [5, 5.41) is 0. The van der Waals surface area contributed by atoms with E-state index in [9.17, 15) is 9.18 Å². The number of hydrogen-bond donors (Lipinski definition) is 0. The maximum Gasteiger partial charge on any atom is 0.253 e. The SMILES string of the molecule is O=C(c1ccc(CN2CCC(Cc3ccccc3)CC2)cc1)N1CCN(c2ccccc2F)CC1. The molecule has 5 rings (SSSR count). The van der Waals surface area contributed by atoms with Crippen LogP contribution < -0.4 is 4.90 Å². The van der Waals surface area contributed by atoms with Crippen molar-refractivity contribution >= 4 is 11.6 Å². The second-order valence-electron chi connectivity index (χ2n) is 9.84. The second kappa shape index (κ2) is 11.0. The summed E-state index contributed by atoms with van der Waals surface area (Å²) in [5.41, 5.74) is 4.05. The number of amides is 1. The number of carbonyl (C=O) groups is 1. The van der Waals surface area contributed by atoms with E-state index >= 15 is 0 Å². The van der Waals surface area contributed by atoms with E-state index in [0.717, 1.165) is 31.1 Å². The Labute approximate surface area is 208 Å². The fourth-order valence-corrected chi connectivity index (χ4v) is 5.35. The summed E-state index contributed by atoms with van der Waals surface area (Å²) in [4.78, 5) is 19.4. The van der Waals surface area contributed by atoms with Crippen molar-refractivity contribution in [1.82, 2.24) is 9.80 Å². The molecule has 182 valence electrons. The minimum atomic E-state index is -0.205. The van der Waals surface area contributed by atoms with E-state index in [2.05, 4.69) is 47.4 Å². The Morgan fingerprint density at radius 3 is 2.09 bits per heavy atom. The number of hydrogen-bond acceptors (Lipinski definition) is 3. The maximum atomic E-state index is 14.1. The molecule has 2 saturated heterocycles. The van der Waals surface area contributed by atoms with Crippen LogP contribution in [0.1, 0.15) is 34.3 Å². The second-order valence-corrected chi connectivity index (χ2v) is 9.84. The Morgan fingerprint density at radius 2 is 1.40 bits per heavy atom. The first kappa shape index (κ1) is 23.6. The Balaban J connectivity index is 1.09. The lowest BCUT2D eigenvalue weighted by Crippen LogP contribution is -2.49. The van der Waals surface area contributed by atoms with E-state index in [-0.39, 0.29) is 11.7 Å². The van der Waals surface area contributed by atoms with E-state index in [1.165, 1.54) is 36.5 Å². The van der Waals surface area contributed by atoms with Crippen molar-refractivity contribution in [2.75, 3.05) is 44.2 Å². The summed E-state index contributed by atoms with van der Waals surface area (Å²) in [7, 11) is 0. The van der Waals surface area contributed by atoms with E-state index in [1.54, 1.807) is 12.1 Å². The number of para-hydroxylation sites is 1. The van der Waals surface area contributed by atoms with Gasteiger partial charge in [0.2, 0.25) is 0 Å². The van der Waals surface area contributed by atoms with Crippen LogP contribution in [0.2, 0.25) is 0 Å². The van der Waals surface area contributed by atoms with Gasteiger partial charge in [0.15, 0.2) is 0 Å². The van der Waals surface area contributed by atoms with E-state index in [0.29, 0.717) is 31.9 Å². The molecule has 0 aliphatic carbocycles. The van der Waals surface area contributed by atoms with Gasteiger partial charge >= 0.3 is 0 Å². The minimum absolute atomic E-state index is 0.0615. The molecule has 1 amide bonds. The smallest absolute Gasteiger partial charge is 0.253 e. The van der Waals surface area contributed by atoms with Gasteiger partial charge in [0.1, 0.15) is 5.82 Å². The van der Waals surface area contributed by atoms with Crippen LogP contribution in [-0.2, 0) is 13.0 Å². The van der Waals surface area contributed by atoms with Crippen LogP contribution in [0.5, 0.6) is 0 Å². The van der Waals surface area contributed by atoms with Gasteiger partial charge in [-0.1, -0.05) is 54.6 Å². The number of anilines is 1. The molecule has 35 heavy (non-hydrogen) atoms. The first-order chi connectivity index (χ1) is 17.2. The highest BCUT2D eigenvalue weighted by molar-refractivity contribution is 5.94. The Morgan fingerprint density at radius 1 is 0.743 bits per heavy atom. The lowest BCUT2D eigenvalue weighted by molar-refractivity contribution is 0.0746. The average molecular weight is 472 g/mol. The van der Waals surface area contributed by atoms with Crippen LogP contribution in [0, 0.1) is 11.7 Å². The third kappa shape index (κ3) is 5.91. The van der Waals surface area contributed by atoms with Crippen molar-refractivity contribution in [1.29, 1.82) is 0 Å². The number of benzene rings is 3. The van der Waals surface area contributed by atoms with Crippen molar-refractivity contribution in [2.24, 2.45) is 5.92 Å². The predicted octanol–water partition coefficient (Wildman–Crippen LogP) is 5.24. The van der Waals surface area contributed by atoms with Gasteiger partial charge < -0.3 is 9.80 Å². The number of halogens is 1. The number of rotatable bonds is 6. The minimum Gasteiger partial charge on any atom is -0.366 e. The molecule has 0 unspecified atom stereocenters. The molecule has 3 aromatic carbocycles. The third-order valence-corrected chi connectivity index (χ3v) is 7.44. The predicted molar refractivity (Wildman–Crippen MR) is 139 cm³/mol. The van der Waals surface area contributed by atoms with E-state index < -0.39 is 0 Å². The number of likely N-dealkylation sites (tertiary alicyclic amines) is 1. The summed E-state index contributed by atoms with van der Waals surface area (Å²) < 4.78 is 14.1. The zero-order valence-electron chi connectivity index (χ0n) is 20.3. The molecule has 0 saturated carbocycles. The van der Waals surface area contributed by atoms with Crippen molar-refractivity contribution in [3.63, 3.8) is 0 Å². The fraction of sp³-hybridized carbons (Fsp3) is 0.367. The molecule has 0 aromatic heterocycles. The zero-order valence-corrected chi connectivity index (χ0v) is 20.3. The highest BCUT2D eigenvalue weighted by atomic mass is 19.1. The molecule has 0 bridgehead atoms. The number of piperazine rings is 1. The van der Waals surface area contributed by atoms with Crippen LogP contribution in [-0.4, -0.2) is 55.0 Å². The monoisotopic (exact) mass is 471 g/mol. The first-order valence-corrected chi connectivity index (χ1v) is 12.8. The lowest BCUT2D eigenvalue weighted by Gasteiger charge is -2.36. The largest absolute Gasteiger partial charge is 0.366 e.